The van der Waals surface area contributed by atoms with Crippen molar-refractivity contribution in [2.45, 2.75) is 39.0 Å². The Labute approximate surface area is 219 Å². The van der Waals surface area contributed by atoms with E-state index in [0.717, 1.165) is 68.2 Å². The average Bonchev–Trinajstić information content (AvgIpc) is 3.25. The molecule has 0 spiro atoms. The Bertz CT molecular complexity index is 1320. The van der Waals surface area contributed by atoms with Crippen molar-refractivity contribution in [2.24, 2.45) is 5.92 Å². The molecule has 0 bridgehead atoms. The first-order valence-electron chi connectivity index (χ1n) is 13.6. The van der Waals surface area contributed by atoms with Crippen LogP contribution in [0.25, 0.3) is 10.8 Å². The van der Waals surface area contributed by atoms with Crippen LogP contribution in [0.15, 0.2) is 42.5 Å². The molecule has 0 saturated carbocycles. The topological polar surface area (TPSA) is 51.2 Å². The Morgan fingerprint density at radius 1 is 1.03 bits per heavy atom. The number of fused-ring (bicyclic) bond motifs is 3. The van der Waals surface area contributed by atoms with Crippen LogP contribution >= 0.6 is 0 Å². The largest absolute Gasteiger partial charge is 0.496 e. The van der Waals surface area contributed by atoms with Gasteiger partial charge in [-0.25, -0.2) is 0 Å². The van der Waals surface area contributed by atoms with Crippen molar-refractivity contribution in [3.05, 3.63) is 64.7 Å². The Hall–Kier alpha value is -3.25. The van der Waals surface area contributed by atoms with Crippen LogP contribution in [0.1, 0.15) is 46.3 Å². The van der Waals surface area contributed by atoms with Gasteiger partial charge < -0.3 is 24.0 Å². The maximum Gasteiger partial charge on any atom is 0.254 e. The van der Waals surface area contributed by atoms with Crippen LogP contribution in [-0.2, 0) is 12.8 Å². The van der Waals surface area contributed by atoms with E-state index in [9.17, 15) is 4.79 Å². The number of aryl methyl sites for hydroxylation is 1. The maximum atomic E-state index is 13.3. The van der Waals surface area contributed by atoms with Crippen LogP contribution in [0.2, 0.25) is 0 Å². The summed E-state index contributed by atoms with van der Waals surface area (Å²) in [5.74, 6) is 3.04. The van der Waals surface area contributed by atoms with Gasteiger partial charge in [0.15, 0.2) is 11.5 Å². The van der Waals surface area contributed by atoms with Gasteiger partial charge >= 0.3 is 0 Å². The van der Waals surface area contributed by atoms with Gasteiger partial charge in [0.1, 0.15) is 5.75 Å². The zero-order valence-electron chi connectivity index (χ0n) is 21.9. The monoisotopic (exact) mass is 500 g/mol. The first-order valence-corrected chi connectivity index (χ1v) is 13.6. The second kappa shape index (κ2) is 10.3. The highest BCUT2D eigenvalue weighted by atomic mass is 16.7. The summed E-state index contributed by atoms with van der Waals surface area (Å²) in [7, 11) is 1.73. The number of likely N-dealkylation sites (tertiary alicyclic amines) is 1. The van der Waals surface area contributed by atoms with Gasteiger partial charge in [0.2, 0.25) is 6.79 Å². The first kappa shape index (κ1) is 24.1. The second-order valence-electron chi connectivity index (χ2n) is 10.7. The van der Waals surface area contributed by atoms with Gasteiger partial charge in [-0.05, 0) is 90.7 Å². The van der Waals surface area contributed by atoms with Crippen LogP contribution < -0.4 is 14.2 Å². The number of carbonyl (C=O) groups is 1. The zero-order chi connectivity index (χ0) is 25.4. The molecular formula is C31H36N2O4. The Kier molecular flexibility index (Phi) is 6.68. The van der Waals surface area contributed by atoms with Gasteiger partial charge in [0, 0.05) is 31.7 Å². The molecule has 3 aromatic rings. The number of hydrogen-bond donors (Lipinski definition) is 0. The highest BCUT2D eigenvalue weighted by molar-refractivity contribution is 5.97. The van der Waals surface area contributed by atoms with Gasteiger partial charge in [0.05, 0.1) is 7.11 Å². The molecule has 1 atom stereocenters. The predicted molar refractivity (Wildman–Crippen MR) is 145 cm³/mol. The van der Waals surface area contributed by atoms with Gasteiger partial charge in [-0.1, -0.05) is 30.7 Å². The van der Waals surface area contributed by atoms with E-state index in [1.807, 2.05) is 12.1 Å². The molecule has 3 aliphatic heterocycles. The fourth-order valence-corrected chi connectivity index (χ4v) is 6.25. The average molecular weight is 501 g/mol. The van der Waals surface area contributed by atoms with Crippen molar-refractivity contribution < 1.29 is 19.0 Å². The van der Waals surface area contributed by atoms with Crippen molar-refractivity contribution in [3.63, 3.8) is 0 Å². The molecule has 3 heterocycles. The molecule has 1 fully saturated rings. The fraction of sp³-hybridized carbons (Fsp3) is 0.452. The van der Waals surface area contributed by atoms with E-state index in [1.165, 1.54) is 41.2 Å². The second-order valence-corrected chi connectivity index (χ2v) is 10.7. The minimum Gasteiger partial charge on any atom is -0.496 e. The van der Waals surface area contributed by atoms with Gasteiger partial charge in [-0.15, -0.1) is 0 Å². The van der Waals surface area contributed by atoms with Gasteiger partial charge in [0.25, 0.3) is 5.91 Å². The fourth-order valence-electron chi connectivity index (χ4n) is 6.25. The van der Waals surface area contributed by atoms with E-state index < -0.39 is 0 Å². The van der Waals surface area contributed by atoms with Crippen molar-refractivity contribution >= 4 is 16.7 Å². The normalized spacial score (nSPS) is 19.7. The molecule has 1 saturated heterocycles. The lowest BCUT2D eigenvalue weighted by Crippen LogP contribution is -2.43. The highest BCUT2D eigenvalue weighted by Crippen LogP contribution is 2.37. The van der Waals surface area contributed by atoms with E-state index in [-0.39, 0.29) is 12.7 Å². The summed E-state index contributed by atoms with van der Waals surface area (Å²) in [6.45, 7) is 7.23. The van der Waals surface area contributed by atoms with Crippen LogP contribution in [-0.4, -0.2) is 62.3 Å². The Morgan fingerprint density at radius 2 is 1.89 bits per heavy atom. The third kappa shape index (κ3) is 4.87. The lowest BCUT2D eigenvalue weighted by molar-refractivity contribution is 0.0695. The van der Waals surface area contributed by atoms with E-state index in [4.69, 9.17) is 14.2 Å². The molecule has 6 heteroatoms. The minimum absolute atomic E-state index is 0.137. The summed E-state index contributed by atoms with van der Waals surface area (Å²) < 4.78 is 16.5. The number of amides is 1. The van der Waals surface area contributed by atoms with Crippen molar-refractivity contribution in [2.75, 3.05) is 46.6 Å². The first-order chi connectivity index (χ1) is 18.1. The van der Waals surface area contributed by atoms with Crippen LogP contribution in [0.4, 0.5) is 0 Å². The third-order valence-electron chi connectivity index (χ3n) is 8.34. The molecule has 37 heavy (non-hydrogen) atoms. The quantitative estimate of drug-likeness (QED) is 0.464. The molecule has 3 aromatic carbocycles. The molecule has 1 amide bonds. The van der Waals surface area contributed by atoms with E-state index in [1.54, 1.807) is 7.11 Å². The summed E-state index contributed by atoms with van der Waals surface area (Å²) >= 11 is 0. The molecular weight excluding hydrogens is 464 g/mol. The summed E-state index contributed by atoms with van der Waals surface area (Å²) in [4.78, 5) is 18.0. The summed E-state index contributed by atoms with van der Waals surface area (Å²) in [6, 6.07) is 14.9. The molecule has 3 aliphatic rings. The van der Waals surface area contributed by atoms with Crippen LogP contribution in [0, 0.1) is 12.8 Å². The van der Waals surface area contributed by atoms with Gasteiger partial charge in [-0.3, -0.25) is 4.79 Å². The molecule has 0 N–H and O–H groups in total. The Balaban J connectivity index is 1.09. The molecule has 0 radical (unpaired) electrons. The smallest absolute Gasteiger partial charge is 0.254 e. The lowest BCUT2D eigenvalue weighted by Gasteiger charge is -2.33. The number of nitrogens with zero attached hydrogens (tertiary/aromatic N) is 2. The summed E-state index contributed by atoms with van der Waals surface area (Å²) in [5.41, 5.74) is 4.43. The Morgan fingerprint density at radius 3 is 2.76 bits per heavy atom. The molecule has 6 rings (SSSR count). The van der Waals surface area contributed by atoms with Crippen LogP contribution in [0.3, 0.4) is 0 Å². The van der Waals surface area contributed by atoms with Crippen molar-refractivity contribution in [1.29, 1.82) is 0 Å². The summed E-state index contributed by atoms with van der Waals surface area (Å²) in [5, 5.41) is 2.53. The standard InChI is InChI=1S/C31H36N2O4/c1-21-26-8-6-22(15-24(26)7-9-28(21)35-2)10-13-32-12-4-3-5-23(18-32)19-33-14-11-25-16-29-30(37-20-36-29)17-27(25)31(33)34/h6-9,15-17,23H,3-5,10-14,18-20H2,1-2H3. The van der Waals surface area contributed by atoms with E-state index in [2.05, 4.69) is 47.1 Å². The molecule has 6 nitrogen and oxygen atoms in total. The van der Waals surface area contributed by atoms with Crippen LogP contribution in [0.5, 0.6) is 17.2 Å². The number of benzene rings is 3. The predicted octanol–water partition coefficient (Wildman–Crippen LogP) is 5.23. The van der Waals surface area contributed by atoms with E-state index in [0.29, 0.717) is 11.7 Å². The molecule has 0 aliphatic carbocycles. The SMILES string of the molecule is COc1ccc2cc(CCN3CCCCC(CN4CCc5cc6c(cc5C4=O)OCO6)C3)ccc2c1C. The van der Waals surface area contributed by atoms with E-state index >= 15 is 0 Å². The number of carbonyl (C=O) groups excluding carboxylic acids is 1. The molecule has 1 unspecified atom stereocenters. The maximum absolute atomic E-state index is 13.3. The molecule has 194 valence electrons. The lowest BCUT2D eigenvalue weighted by atomic mass is 9.95. The minimum atomic E-state index is 0.137. The number of hydrogen-bond acceptors (Lipinski definition) is 5. The number of methoxy groups -OCH3 is 1. The summed E-state index contributed by atoms with van der Waals surface area (Å²) in [6.07, 6.45) is 5.56. The van der Waals surface area contributed by atoms with Gasteiger partial charge in [-0.2, -0.15) is 0 Å². The van der Waals surface area contributed by atoms with Crippen molar-refractivity contribution in [1.82, 2.24) is 9.80 Å². The molecule has 0 aromatic heterocycles. The van der Waals surface area contributed by atoms with Crippen molar-refractivity contribution in [3.8, 4) is 17.2 Å². The zero-order valence-corrected chi connectivity index (χ0v) is 21.9. The number of ether oxygens (including phenoxy) is 3. The number of rotatable bonds is 6. The highest BCUT2D eigenvalue weighted by Gasteiger charge is 2.30. The third-order valence-corrected chi connectivity index (χ3v) is 8.34.